The zero-order valence-corrected chi connectivity index (χ0v) is 15.6. The number of nitrogens with zero attached hydrogens (tertiary/aromatic N) is 1. The van der Waals surface area contributed by atoms with E-state index in [2.05, 4.69) is 15.6 Å². The van der Waals surface area contributed by atoms with Gasteiger partial charge in [-0.15, -0.1) is 0 Å². The van der Waals surface area contributed by atoms with Gasteiger partial charge in [0.2, 0.25) is 0 Å². The number of hydrogen-bond donors (Lipinski definition) is 2. The number of hydrogen-bond acceptors (Lipinski definition) is 4. The summed E-state index contributed by atoms with van der Waals surface area (Å²) in [6, 6.07) is 10.0. The van der Waals surface area contributed by atoms with E-state index in [4.69, 9.17) is 4.74 Å². The average molecular weight is 356 g/mol. The summed E-state index contributed by atoms with van der Waals surface area (Å²) in [6.07, 6.45) is 1.80. The Labute approximate surface area is 145 Å². The molecule has 0 aromatic heterocycles. The lowest BCUT2D eigenvalue weighted by Crippen LogP contribution is -2.43. The van der Waals surface area contributed by atoms with Gasteiger partial charge in [-0.1, -0.05) is 30.3 Å². The van der Waals surface area contributed by atoms with Crippen LogP contribution in [0.1, 0.15) is 25.8 Å². The summed E-state index contributed by atoms with van der Waals surface area (Å²) in [5.41, 5.74) is 1.14. The lowest BCUT2D eigenvalue weighted by atomic mass is 10.2. The van der Waals surface area contributed by atoms with Crippen LogP contribution >= 0.6 is 0 Å². The van der Waals surface area contributed by atoms with Crippen molar-refractivity contribution in [1.29, 1.82) is 0 Å². The van der Waals surface area contributed by atoms with Gasteiger partial charge in [0.15, 0.2) is 5.96 Å². The molecule has 0 fully saturated rings. The lowest BCUT2D eigenvalue weighted by Gasteiger charge is -2.17. The Morgan fingerprint density at radius 3 is 2.62 bits per heavy atom. The summed E-state index contributed by atoms with van der Waals surface area (Å²) in [5, 5.41) is 6.37. The second-order valence-electron chi connectivity index (χ2n) is 5.76. The Kier molecular flexibility index (Phi) is 9.41. The molecular formula is C17H29N3O3S. The van der Waals surface area contributed by atoms with Crippen LogP contribution in [0.4, 0.5) is 0 Å². The molecule has 0 saturated heterocycles. The van der Waals surface area contributed by atoms with Crippen molar-refractivity contribution in [2.24, 2.45) is 4.99 Å². The van der Waals surface area contributed by atoms with Gasteiger partial charge in [0.1, 0.15) is 9.84 Å². The van der Waals surface area contributed by atoms with Crippen LogP contribution < -0.4 is 10.6 Å². The maximum absolute atomic E-state index is 11.2. The molecule has 1 unspecified atom stereocenters. The van der Waals surface area contributed by atoms with Crippen molar-refractivity contribution in [1.82, 2.24) is 10.6 Å². The predicted molar refractivity (Wildman–Crippen MR) is 99.0 cm³/mol. The highest BCUT2D eigenvalue weighted by atomic mass is 32.2. The molecule has 136 valence electrons. The highest BCUT2D eigenvalue weighted by Crippen LogP contribution is 2.00. The first kappa shape index (κ1) is 20.4. The van der Waals surface area contributed by atoms with Crippen molar-refractivity contribution in [3.63, 3.8) is 0 Å². The van der Waals surface area contributed by atoms with E-state index in [1.807, 2.05) is 44.2 Å². The molecule has 0 radical (unpaired) electrons. The highest BCUT2D eigenvalue weighted by molar-refractivity contribution is 7.90. The molecule has 7 heteroatoms. The largest absolute Gasteiger partial charge is 0.375 e. The van der Waals surface area contributed by atoms with Crippen molar-refractivity contribution < 1.29 is 13.2 Å². The van der Waals surface area contributed by atoms with Gasteiger partial charge in [-0.2, -0.15) is 0 Å². The summed E-state index contributed by atoms with van der Waals surface area (Å²) in [6.45, 7) is 6.33. The van der Waals surface area contributed by atoms with Gasteiger partial charge in [-0.3, -0.25) is 4.99 Å². The van der Waals surface area contributed by atoms with Crippen molar-refractivity contribution in [3.05, 3.63) is 35.9 Å². The third-order valence-electron chi connectivity index (χ3n) is 3.27. The molecule has 0 heterocycles. The van der Waals surface area contributed by atoms with Crippen LogP contribution in [0.2, 0.25) is 0 Å². The van der Waals surface area contributed by atoms with Crippen molar-refractivity contribution in [2.75, 3.05) is 31.7 Å². The highest BCUT2D eigenvalue weighted by Gasteiger charge is 2.09. The number of nitrogens with one attached hydrogen (secondary N) is 2. The van der Waals surface area contributed by atoms with Crippen molar-refractivity contribution in [2.45, 2.75) is 32.9 Å². The van der Waals surface area contributed by atoms with E-state index in [0.717, 1.165) is 12.1 Å². The van der Waals surface area contributed by atoms with Gasteiger partial charge >= 0.3 is 0 Å². The van der Waals surface area contributed by atoms with E-state index in [1.54, 1.807) is 0 Å². The normalized spacial score (nSPS) is 13.5. The molecule has 0 amide bonds. The standard InChI is InChI=1S/C17H29N3O3S/c1-4-18-17(20-15(2)10-13-24(3,21)22)19-11-12-23-14-16-8-6-5-7-9-16/h5-9,15H,4,10-14H2,1-3H3,(H2,18,19,20). The second-order valence-corrected chi connectivity index (χ2v) is 8.02. The van der Waals surface area contributed by atoms with Crippen LogP contribution in [0.15, 0.2) is 35.3 Å². The van der Waals surface area contributed by atoms with Crippen LogP contribution in [0.5, 0.6) is 0 Å². The van der Waals surface area contributed by atoms with E-state index in [9.17, 15) is 8.42 Å². The summed E-state index contributed by atoms with van der Waals surface area (Å²) in [7, 11) is -2.94. The third-order valence-corrected chi connectivity index (χ3v) is 4.24. The van der Waals surface area contributed by atoms with Gasteiger partial charge in [-0.05, 0) is 25.8 Å². The number of aliphatic imine (C=N–C) groups is 1. The number of guanidine groups is 1. The Hall–Kier alpha value is -1.60. The Morgan fingerprint density at radius 2 is 2.00 bits per heavy atom. The maximum Gasteiger partial charge on any atom is 0.191 e. The molecular weight excluding hydrogens is 326 g/mol. The van der Waals surface area contributed by atoms with Gasteiger partial charge in [-0.25, -0.2) is 8.42 Å². The van der Waals surface area contributed by atoms with E-state index in [-0.39, 0.29) is 11.8 Å². The van der Waals surface area contributed by atoms with E-state index in [1.165, 1.54) is 6.26 Å². The predicted octanol–water partition coefficient (Wildman–Crippen LogP) is 1.58. The summed E-state index contributed by atoms with van der Waals surface area (Å²) in [5.74, 6) is 0.850. The molecule has 0 saturated carbocycles. The van der Waals surface area contributed by atoms with Gasteiger partial charge in [0.25, 0.3) is 0 Å². The molecule has 1 aromatic carbocycles. The van der Waals surface area contributed by atoms with Gasteiger partial charge < -0.3 is 15.4 Å². The van der Waals surface area contributed by atoms with Crippen molar-refractivity contribution in [3.8, 4) is 0 Å². The SMILES string of the molecule is CCNC(=NCCOCc1ccccc1)NC(C)CCS(C)(=O)=O. The number of ether oxygens (including phenoxy) is 1. The Balaban J connectivity index is 2.33. The zero-order chi connectivity index (χ0) is 17.8. The fraction of sp³-hybridized carbons (Fsp3) is 0.588. The van der Waals surface area contributed by atoms with Crippen LogP contribution in [0.3, 0.4) is 0 Å². The van der Waals surface area contributed by atoms with E-state index < -0.39 is 9.84 Å². The fourth-order valence-electron chi connectivity index (χ4n) is 2.00. The van der Waals surface area contributed by atoms with Crippen LogP contribution in [0, 0.1) is 0 Å². The second kappa shape index (κ2) is 11.0. The maximum atomic E-state index is 11.2. The monoisotopic (exact) mass is 355 g/mol. The summed E-state index contributed by atoms with van der Waals surface area (Å²) >= 11 is 0. The molecule has 0 aliphatic rings. The van der Waals surface area contributed by atoms with Crippen molar-refractivity contribution >= 4 is 15.8 Å². The first-order chi connectivity index (χ1) is 11.4. The third kappa shape index (κ3) is 10.2. The summed E-state index contributed by atoms with van der Waals surface area (Å²) in [4.78, 5) is 4.45. The molecule has 2 N–H and O–H groups in total. The molecule has 1 atom stereocenters. The zero-order valence-electron chi connectivity index (χ0n) is 14.8. The van der Waals surface area contributed by atoms with Crippen LogP contribution in [0.25, 0.3) is 0 Å². The molecule has 6 nitrogen and oxygen atoms in total. The minimum Gasteiger partial charge on any atom is -0.375 e. The lowest BCUT2D eigenvalue weighted by molar-refractivity contribution is 0.128. The molecule has 24 heavy (non-hydrogen) atoms. The molecule has 1 rings (SSSR count). The molecule has 0 aliphatic heterocycles. The number of rotatable bonds is 10. The number of benzene rings is 1. The average Bonchev–Trinajstić information content (AvgIpc) is 2.53. The quantitative estimate of drug-likeness (QED) is 0.378. The van der Waals surface area contributed by atoms with Gasteiger partial charge in [0.05, 0.1) is 25.5 Å². The minimum absolute atomic E-state index is 0.0303. The van der Waals surface area contributed by atoms with E-state index >= 15 is 0 Å². The van der Waals surface area contributed by atoms with Crippen LogP contribution in [-0.2, 0) is 21.2 Å². The first-order valence-corrected chi connectivity index (χ1v) is 10.3. The Bertz CT molecular complexity index is 588. The Morgan fingerprint density at radius 1 is 1.29 bits per heavy atom. The molecule has 0 aliphatic carbocycles. The summed E-state index contributed by atoms with van der Waals surface area (Å²) < 4.78 is 28.0. The van der Waals surface area contributed by atoms with E-state index in [0.29, 0.717) is 32.1 Å². The molecule has 0 bridgehead atoms. The smallest absolute Gasteiger partial charge is 0.191 e. The minimum atomic E-state index is -2.94. The topological polar surface area (TPSA) is 79.8 Å². The molecule has 0 spiro atoms. The fourth-order valence-corrected chi connectivity index (χ4v) is 2.78. The van der Waals surface area contributed by atoms with Crippen LogP contribution in [-0.4, -0.2) is 52.1 Å². The van der Waals surface area contributed by atoms with Gasteiger partial charge in [0, 0.05) is 18.8 Å². The molecule has 1 aromatic rings. The number of sulfone groups is 1. The first-order valence-electron chi connectivity index (χ1n) is 8.25.